The Kier molecular flexibility index (Phi) is 7.47. The van der Waals surface area contributed by atoms with Crippen molar-refractivity contribution in [3.05, 3.63) is 76.9 Å². The predicted octanol–water partition coefficient (Wildman–Crippen LogP) is 5.59. The SMILES string of the molecule is CCCc1ccc(C#C/C(F)=C(\F)C#Cc2ccc(OCC)cc2)cc1. The van der Waals surface area contributed by atoms with Gasteiger partial charge in [0.15, 0.2) is 0 Å². The first-order valence-corrected chi connectivity index (χ1v) is 8.53. The van der Waals surface area contributed by atoms with Crippen molar-refractivity contribution in [1.29, 1.82) is 0 Å². The zero-order valence-electron chi connectivity index (χ0n) is 14.9. The third-order valence-corrected chi connectivity index (χ3v) is 3.48. The van der Waals surface area contributed by atoms with Gasteiger partial charge in [0, 0.05) is 11.1 Å². The first-order valence-electron chi connectivity index (χ1n) is 8.53. The molecule has 0 heterocycles. The highest BCUT2D eigenvalue weighted by molar-refractivity contribution is 5.46. The Morgan fingerprint density at radius 1 is 0.808 bits per heavy atom. The zero-order chi connectivity index (χ0) is 18.8. The molecule has 0 aliphatic carbocycles. The molecule has 0 atom stereocenters. The molecular formula is C23H20F2O. The van der Waals surface area contributed by atoms with E-state index in [1.165, 1.54) is 5.56 Å². The summed E-state index contributed by atoms with van der Waals surface area (Å²) in [6, 6.07) is 14.3. The molecule has 0 spiro atoms. The van der Waals surface area contributed by atoms with Crippen LogP contribution < -0.4 is 4.74 Å². The Morgan fingerprint density at radius 3 is 1.77 bits per heavy atom. The fourth-order valence-electron chi connectivity index (χ4n) is 2.21. The van der Waals surface area contributed by atoms with Crippen LogP contribution in [0.15, 0.2) is 60.2 Å². The molecule has 0 fully saturated rings. The molecule has 1 nitrogen and oxygen atoms in total. The van der Waals surface area contributed by atoms with Gasteiger partial charge in [-0.2, -0.15) is 8.78 Å². The molecule has 26 heavy (non-hydrogen) atoms. The highest BCUT2D eigenvalue weighted by Crippen LogP contribution is 2.12. The van der Waals surface area contributed by atoms with Crippen LogP contribution in [0.25, 0.3) is 0 Å². The summed E-state index contributed by atoms with van der Waals surface area (Å²) in [6.45, 7) is 4.55. The van der Waals surface area contributed by atoms with Crippen LogP contribution in [0.2, 0.25) is 0 Å². The van der Waals surface area contributed by atoms with E-state index in [1.54, 1.807) is 36.4 Å². The number of hydrogen-bond donors (Lipinski definition) is 0. The highest BCUT2D eigenvalue weighted by atomic mass is 19.2. The maximum atomic E-state index is 13.8. The lowest BCUT2D eigenvalue weighted by atomic mass is 10.1. The molecule has 2 rings (SSSR count). The maximum Gasteiger partial charge on any atom is 0.217 e. The molecule has 0 bridgehead atoms. The smallest absolute Gasteiger partial charge is 0.217 e. The van der Waals surface area contributed by atoms with Gasteiger partial charge in [0.25, 0.3) is 0 Å². The van der Waals surface area contributed by atoms with Crippen LogP contribution in [0.4, 0.5) is 8.78 Å². The van der Waals surface area contributed by atoms with E-state index in [0.717, 1.165) is 12.8 Å². The van der Waals surface area contributed by atoms with Crippen molar-refractivity contribution in [3.8, 4) is 29.4 Å². The van der Waals surface area contributed by atoms with Crippen molar-refractivity contribution in [3.63, 3.8) is 0 Å². The predicted molar refractivity (Wildman–Crippen MR) is 101 cm³/mol. The lowest BCUT2D eigenvalue weighted by molar-refractivity contribution is 0.340. The lowest BCUT2D eigenvalue weighted by Gasteiger charge is -2.01. The summed E-state index contributed by atoms with van der Waals surface area (Å²) in [4.78, 5) is 0. The molecule has 0 unspecified atom stereocenters. The van der Waals surface area contributed by atoms with Gasteiger partial charge >= 0.3 is 0 Å². The van der Waals surface area contributed by atoms with Gasteiger partial charge in [-0.15, -0.1) is 0 Å². The molecule has 0 saturated heterocycles. The summed E-state index contributed by atoms with van der Waals surface area (Å²) in [5.74, 6) is 7.88. The van der Waals surface area contributed by atoms with Crippen molar-refractivity contribution in [2.75, 3.05) is 6.61 Å². The fraction of sp³-hybridized carbons (Fsp3) is 0.217. The molecule has 132 valence electrons. The van der Waals surface area contributed by atoms with Crippen LogP contribution in [0.1, 0.15) is 37.0 Å². The number of halogens is 2. The third kappa shape index (κ3) is 6.11. The zero-order valence-corrected chi connectivity index (χ0v) is 14.9. The Hall–Kier alpha value is -3.04. The topological polar surface area (TPSA) is 9.23 Å². The molecule has 2 aromatic rings. The quantitative estimate of drug-likeness (QED) is 0.653. The summed E-state index contributed by atoms with van der Waals surface area (Å²) in [6.07, 6.45) is 2.04. The van der Waals surface area contributed by atoms with E-state index in [0.29, 0.717) is 23.5 Å². The second kappa shape index (κ2) is 10.1. The fourth-order valence-corrected chi connectivity index (χ4v) is 2.21. The molecular weight excluding hydrogens is 330 g/mol. The van der Waals surface area contributed by atoms with Gasteiger partial charge in [-0.3, -0.25) is 0 Å². The van der Waals surface area contributed by atoms with Crippen molar-refractivity contribution in [2.24, 2.45) is 0 Å². The van der Waals surface area contributed by atoms with Crippen molar-refractivity contribution < 1.29 is 13.5 Å². The van der Waals surface area contributed by atoms with E-state index in [-0.39, 0.29) is 0 Å². The first-order chi connectivity index (χ1) is 12.6. The standard InChI is InChI=1S/C23H20F2O/c1-3-5-18-6-8-19(9-7-18)12-16-22(24)23(25)17-13-20-10-14-21(15-11-20)26-4-2/h6-11,14-15H,3-5H2,1-2H3/b23-22+. The number of aryl methyl sites for hydroxylation is 1. The second-order valence-electron chi connectivity index (χ2n) is 5.53. The van der Waals surface area contributed by atoms with Crippen LogP contribution in [0, 0.1) is 23.7 Å². The van der Waals surface area contributed by atoms with Crippen molar-refractivity contribution >= 4 is 0 Å². The van der Waals surface area contributed by atoms with Crippen LogP contribution >= 0.6 is 0 Å². The molecule has 2 aromatic carbocycles. The highest BCUT2D eigenvalue weighted by Gasteiger charge is 1.99. The van der Waals surface area contributed by atoms with Crippen LogP contribution in [-0.2, 0) is 6.42 Å². The minimum absolute atomic E-state index is 0.563. The Morgan fingerprint density at radius 2 is 1.31 bits per heavy atom. The summed E-state index contributed by atoms with van der Waals surface area (Å²) in [5, 5.41) is 0. The van der Waals surface area contributed by atoms with Crippen molar-refractivity contribution in [2.45, 2.75) is 26.7 Å². The number of allylic oxidation sites excluding steroid dienone is 2. The second-order valence-corrected chi connectivity index (χ2v) is 5.53. The largest absolute Gasteiger partial charge is 0.494 e. The Bertz CT molecular complexity index is 795. The van der Waals surface area contributed by atoms with Crippen LogP contribution in [0.3, 0.4) is 0 Å². The number of ether oxygens (including phenoxy) is 1. The van der Waals surface area contributed by atoms with Gasteiger partial charge in [0.2, 0.25) is 11.7 Å². The number of rotatable bonds is 4. The van der Waals surface area contributed by atoms with E-state index in [9.17, 15) is 8.78 Å². The van der Waals surface area contributed by atoms with E-state index < -0.39 is 11.7 Å². The van der Waals surface area contributed by atoms with E-state index >= 15 is 0 Å². The van der Waals surface area contributed by atoms with Gasteiger partial charge in [0.1, 0.15) is 5.75 Å². The summed E-state index contributed by atoms with van der Waals surface area (Å²) >= 11 is 0. The normalized spacial score (nSPS) is 10.8. The monoisotopic (exact) mass is 350 g/mol. The summed E-state index contributed by atoms with van der Waals surface area (Å²) in [5.41, 5.74) is 2.39. The lowest BCUT2D eigenvalue weighted by Crippen LogP contribution is -1.90. The maximum absolute atomic E-state index is 13.8. The molecule has 0 amide bonds. The van der Waals surface area contributed by atoms with Crippen LogP contribution in [-0.4, -0.2) is 6.61 Å². The minimum atomic E-state index is -1.17. The van der Waals surface area contributed by atoms with E-state index in [1.807, 2.05) is 19.1 Å². The molecule has 0 aliphatic heterocycles. The summed E-state index contributed by atoms with van der Waals surface area (Å²) in [7, 11) is 0. The molecule has 0 saturated carbocycles. The Balaban J connectivity index is 2.08. The molecule has 0 N–H and O–H groups in total. The third-order valence-electron chi connectivity index (χ3n) is 3.48. The average Bonchev–Trinajstić information content (AvgIpc) is 2.67. The van der Waals surface area contributed by atoms with E-state index in [2.05, 4.69) is 30.6 Å². The molecule has 0 radical (unpaired) electrons. The number of benzene rings is 2. The van der Waals surface area contributed by atoms with Gasteiger partial charge in [-0.25, -0.2) is 0 Å². The van der Waals surface area contributed by atoms with E-state index in [4.69, 9.17) is 4.74 Å². The molecule has 3 heteroatoms. The van der Waals surface area contributed by atoms with Gasteiger partial charge < -0.3 is 4.74 Å². The van der Waals surface area contributed by atoms with Gasteiger partial charge in [0.05, 0.1) is 6.61 Å². The Labute approximate surface area is 153 Å². The number of hydrogen-bond acceptors (Lipinski definition) is 1. The van der Waals surface area contributed by atoms with Gasteiger partial charge in [-0.1, -0.05) is 37.3 Å². The van der Waals surface area contributed by atoms with Gasteiger partial charge in [-0.05, 0) is 67.1 Å². The average molecular weight is 350 g/mol. The molecule has 0 aromatic heterocycles. The summed E-state index contributed by atoms with van der Waals surface area (Å²) < 4.78 is 32.8. The van der Waals surface area contributed by atoms with Crippen molar-refractivity contribution in [1.82, 2.24) is 0 Å². The molecule has 0 aliphatic rings. The van der Waals surface area contributed by atoms with Crippen LogP contribution in [0.5, 0.6) is 5.75 Å². The minimum Gasteiger partial charge on any atom is -0.494 e. The first kappa shape index (κ1) is 19.3.